The molecule has 2 aromatic rings. The summed E-state index contributed by atoms with van der Waals surface area (Å²) in [7, 11) is 0. The number of benzene rings is 2. The van der Waals surface area contributed by atoms with E-state index in [0.717, 1.165) is 41.7 Å². The summed E-state index contributed by atoms with van der Waals surface area (Å²) in [5, 5.41) is 5.68. The number of urea groups is 1. The van der Waals surface area contributed by atoms with Gasteiger partial charge in [0.05, 0.1) is 0 Å². The summed E-state index contributed by atoms with van der Waals surface area (Å²) in [5.74, 6) is -0.641. The van der Waals surface area contributed by atoms with Gasteiger partial charge in [0.2, 0.25) is 5.91 Å². The second-order valence-electron chi connectivity index (χ2n) is 8.16. The molecule has 2 N–H and O–H groups in total. The first-order chi connectivity index (χ1) is 14.6. The topological polar surface area (TPSA) is 78.5 Å². The maximum Gasteiger partial charge on any atom is 0.325 e. The average molecular weight is 405 g/mol. The fourth-order valence-electron chi connectivity index (χ4n) is 4.39. The Bertz CT molecular complexity index is 916. The minimum absolute atomic E-state index is 0.260. The molecule has 30 heavy (non-hydrogen) atoms. The first kappa shape index (κ1) is 20.1. The van der Waals surface area contributed by atoms with E-state index in [-0.39, 0.29) is 18.4 Å². The van der Waals surface area contributed by atoms with Gasteiger partial charge in [-0.15, -0.1) is 0 Å². The largest absolute Gasteiger partial charge is 0.325 e. The van der Waals surface area contributed by atoms with E-state index in [0.29, 0.717) is 18.5 Å². The van der Waals surface area contributed by atoms with E-state index in [1.807, 2.05) is 54.6 Å². The van der Waals surface area contributed by atoms with E-state index in [9.17, 15) is 14.4 Å². The van der Waals surface area contributed by atoms with Crippen LogP contribution in [0.5, 0.6) is 0 Å². The maximum atomic E-state index is 13.0. The van der Waals surface area contributed by atoms with Crippen LogP contribution in [0.25, 0.3) is 11.1 Å². The molecule has 2 aliphatic rings. The molecule has 1 spiro atoms. The Labute approximate surface area is 176 Å². The number of amides is 4. The van der Waals surface area contributed by atoms with Crippen LogP contribution in [0.3, 0.4) is 0 Å². The molecule has 0 radical (unpaired) electrons. The summed E-state index contributed by atoms with van der Waals surface area (Å²) < 4.78 is 0. The fourth-order valence-corrected chi connectivity index (χ4v) is 4.39. The van der Waals surface area contributed by atoms with Crippen molar-refractivity contribution >= 4 is 23.5 Å². The Morgan fingerprint density at radius 3 is 2.13 bits per heavy atom. The number of hydrogen-bond acceptors (Lipinski definition) is 3. The van der Waals surface area contributed by atoms with E-state index >= 15 is 0 Å². The molecule has 0 bridgehead atoms. The van der Waals surface area contributed by atoms with Gasteiger partial charge in [0, 0.05) is 5.69 Å². The van der Waals surface area contributed by atoms with Gasteiger partial charge in [-0.25, -0.2) is 4.79 Å². The van der Waals surface area contributed by atoms with Crippen LogP contribution in [-0.2, 0) is 9.59 Å². The van der Waals surface area contributed by atoms with E-state index in [1.165, 1.54) is 6.42 Å². The Kier molecular flexibility index (Phi) is 5.84. The third kappa shape index (κ3) is 4.22. The van der Waals surface area contributed by atoms with Crippen LogP contribution in [0.1, 0.15) is 44.9 Å². The molecule has 0 aromatic heterocycles. The Morgan fingerprint density at radius 1 is 0.867 bits per heavy atom. The van der Waals surface area contributed by atoms with Crippen molar-refractivity contribution in [1.82, 2.24) is 10.2 Å². The van der Waals surface area contributed by atoms with Crippen LogP contribution in [0, 0.1) is 0 Å². The molecule has 6 nitrogen and oxygen atoms in total. The van der Waals surface area contributed by atoms with Crippen molar-refractivity contribution in [3.8, 4) is 11.1 Å². The molecule has 1 saturated carbocycles. The lowest BCUT2D eigenvalue weighted by molar-refractivity contribution is -0.134. The van der Waals surface area contributed by atoms with E-state index in [2.05, 4.69) is 10.6 Å². The van der Waals surface area contributed by atoms with Gasteiger partial charge >= 0.3 is 6.03 Å². The predicted octanol–water partition coefficient (Wildman–Crippen LogP) is 4.33. The highest BCUT2D eigenvalue weighted by molar-refractivity contribution is 6.10. The monoisotopic (exact) mass is 405 g/mol. The molecular weight excluding hydrogens is 378 g/mol. The van der Waals surface area contributed by atoms with Crippen LogP contribution in [-0.4, -0.2) is 34.8 Å². The van der Waals surface area contributed by atoms with Crippen LogP contribution < -0.4 is 10.6 Å². The summed E-state index contributed by atoms with van der Waals surface area (Å²) in [6.07, 6.45) is 6.45. The number of hydrogen-bond donors (Lipinski definition) is 2. The third-order valence-electron chi connectivity index (χ3n) is 6.03. The van der Waals surface area contributed by atoms with Crippen molar-refractivity contribution in [2.45, 2.75) is 50.5 Å². The maximum absolute atomic E-state index is 13.0. The number of nitrogens with zero attached hydrogens (tertiary/aromatic N) is 1. The molecule has 0 atom stereocenters. The molecular formula is C24H27N3O3. The zero-order valence-electron chi connectivity index (χ0n) is 17.0. The van der Waals surface area contributed by atoms with Gasteiger partial charge in [-0.05, 0) is 36.1 Å². The molecule has 0 unspecified atom stereocenters. The molecule has 2 fully saturated rings. The lowest BCUT2D eigenvalue weighted by atomic mass is 9.84. The van der Waals surface area contributed by atoms with E-state index in [1.54, 1.807) is 0 Å². The molecule has 1 saturated heterocycles. The highest BCUT2D eigenvalue weighted by atomic mass is 16.2. The van der Waals surface area contributed by atoms with E-state index in [4.69, 9.17) is 0 Å². The lowest BCUT2D eigenvalue weighted by Crippen LogP contribution is -2.47. The van der Waals surface area contributed by atoms with Gasteiger partial charge < -0.3 is 10.6 Å². The highest BCUT2D eigenvalue weighted by Gasteiger charge is 2.50. The standard InChI is InChI=1S/C24H27N3O3/c28-21(25-20-13-11-19(12-14-20)18-9-5-4-6-10-18)17-27-22(29)24(26-23(27)30)15-7-2-1-3-8-16-24/h4-6,9-14H,1-3,7-8,15-17H2,(H,25,28)(H,26,30). The van der Waals surface area contributed by atoms with Crippen molar-refractivity contribution < 1.29 is 14.4 Å². The number of nitrogens with one attached hydrogen (secondary N) is 2. The Balaban J connectivity index is 1.39. The zero-order valence-corrected chi connectivity index (χ0v) is 17.0. The first-order valence-corrected chi connectivity index (χ1v) is 10.7. The normalized spacial score (nSPS) is 18.6. The van der Waals surface area contributed by atoms with Crippen molar-refractivity contribution in [2.24, 2.45) is 0 Å². The highest BCUT2D eigenvalue weighted by Crippen LogP contribution is 2.32. The second kappa shape index (κ2) is 8.69. The van der Waals surface area contributed by atoms with Gasteiger partial charge in [-0.2, -0.15) is 0 Å². The zero-order chi connectivity index (χ0) is 21.0. The SMILES string of the molecule is O=C(CN1C(=O)NC2(CCCCCCC2)C1=O)Nc1ccc(-c2ccccc2)cc1. The Hall–Kier alpha value is -3.15. The first-order valence-electron chi connectivity index (χ1n) is 10.7. The van der Waals surface area contributed by atoms with Crippen LogP contribution in [0.2, 0.25) is 0 Å². The van der Waals surface area contributed by atoms with Crippen LogP contribution in [0.4, 0.5) is 10.5 Å². The van der Waals surface area contributed by atoms with E-state index < -0.39 is 11.6 Å². The van der Waals surface area contributed by atoms with Gasteiger partial charge in [0.15, 0.2) is 0 Å². The predicted molar refractivity (Wildman–Crippen MR) is 116 cm³/mol. The molecule has 2 aromatic carbocycles. The fraction of sp³-hybridized carbons (Fsp3) is 0.375. The summed E-state index contributed by atoms with van der Waals surface area (Å²) >= 11 is 0. The quantitative estimate of drug-likeness (QED) is 0.744. The molecule has 1 heterocycles. The van der Waals surface area contributed by atoms with Crippen molar-refractivity contribution in [3.63, 3.8) is 0 Å². The smallest absolute Gasteiger partial charge is 0.325 e. The van der Waals surface area contributed by atoms with Crippen LogP contribution >= 0.6 is 0 Å². The summed E-state index contributed by atoms with van der Waals surface area (Å²) in [5.41, 5.74) is 1.95. The molecule has 4 amide bonds. The molecule has 4 rings (SSSR count). The molecule has 156 valence electrons. The minimum atomic E-state index is -0.824. The average Bonchev–Trinajstić information content (AvgIpc) is 2.97. The summed E-state index contributed by atoms with van der Waals surface area (Å²) in [6.45, 7) is -0.271. The minimum Gasteiger partial charge on any atom is -0.325 e. The van der Waals surface area contributed by atoms with Gasteiger partial charge in [0.1, 0.15) is 12.1 Å². The number of rotatable bonds is 4. The van der Waals surface area contributed by atoms with Crippen molar-refractivity contribution in [3.05, 3.63) is 54.6 Å². The van der Waals surface area contributed by atoms with Crippen molar-refractivity contribution in [2.75, 3.05) is 11.9 Å². The summed E-state index contributed by atoms with van der Waals surface area (Å²) in [4.78, 5) is 39.1. The van der Waals surface area contributed by atoms with Gasteiger partial charge in [-0.3, -0.25) is 14.5 Å². The van der Waals surface area contributed by atoms with Gasteiger partial charge in [0.25, 0.3) is 5.91 Å². The van der Waals surface area contributed by atoms with Crippen molar-refractivity contribution in [1.29, 1.82) is 0 Å². The lowest BCUT2D eigenvalue weighted by Gasteiger charge is -2.28. The van der Waals surface area contributed by atoms with Crippen LogP contribution in [0.15, 0.2) is 54.6 Å². The van der Waals surface area contributed by atoms with Gasteiger partial charge in [-0.1, -0.05) is 74.6 Å². The second-order valence-corrected chi connectivity index (χ2v) is 8.16. The summed E-state index contributed by atoms with van der Waals surface area (Å²) in [6, 6.07) is 17.0. The molecule has 1 aliphatic heterocycles. The number of imide groups is 1. The Morgan fingerprint density at radius 2 is 1.47 bits per heavy atom. The molecule has 6 heteroatoms. The number of carbonyl (C=O) groups excluding carboxylic acids is 3. The molecule has 1 aliphatic carbocycles. The number of carbonyl (C=O) groups is 3. The number of anilines is 1. The third-order valence-corrected chi connectivity index (χ3v) is 6.03.